The summed E-state index contributed by atoms with van der Waals surface area (Å²) in [6, 6.07) is 29.9. The van der Waals surface area contributed by atoms with Crippen molar-refractivity contribution >= 4 is 33.7 Å². The minimum Gasteiger partial charge on any atom is -0.324 e. The van der Waals surface area contributed by atoms with Gasteiger partial charge >= 0.3 is 0 Å². The van der Waals surface area contributed by atoms with Crippen LogP contribution in [0.1, 0.15) is 15.9 Å². The van der Waals surface area contributed by atoms with Gasteiger partial charge in [-0.25, -0.2) is 5.43 Å². The number of nitrogens with zero attached hydrogens (tertiary/aromatic N) is 2. The maximum absolute atomic E-state index is 12.5. The normalized spacial score (nSPS) is 11.3. The lowest BCUT2D eigenvalue weighted by Crippen LogP contribution is -2.17. The molecule has 0 bridgehead atoms. The van der Waals surface area contributed by atoms with Gasteiger partial charge in [0.25, 0.3) is 5.91 Å². The molecule has 30 heavy (non-hydrogen) atoms. The highest BCUT2D eigenvalue weighted by atomic mass is 16.2. The first-order chi connectivity index (χ1) is 14.8. The number of fused-ring (bicyclic) bond motifs is 2. The summed E-state index contributed by atoms with van der Waals surface area (Å²) in [5.41, 5.74) is 5.21. The Hall–Kier alpha value is -4.18. The molecule has 0 saturated heterocycles. The standard InChI is InChI=1S/C26H19N3O/c30-26(19-11-13-22(14-12-19)29-15-5-6-16-29)28-27-18-25-23-9-3-1-7-20(23)17-21-8-2-4-10-24(21)25/h1-18H,(H,28,30). The van der Waals surface area contributed by atoms with E-state index in [1.165, 1.54) is 0 Å². The smallest absolute Gasteiger partial charge is 0.271 e. The topological polar surface area (TPSA) is 46.4 Å². The lowest BCUT2D eigenvalue weighted by Gasteiger charge is -2.08. The summed E-state index contributed by atoms with van der Waals surface area (Å²) in [7, 11) is 0. The fraction of sp³-hybridized carbons (Fsp3) is 0. The van der Waals surface area contributed by atoms with Crippen molar-refractivity contribution in [2.75, 3.05) is 0 Å². The second-order valence-electron chi connectivity index (χ2n) is 7.07. The molecule has 5 aromatic rings. The van der Waals surface area contributed by atoms with E-state index in [2.05, 4.69) is 40.9 Å². The first-order valence-electron chi connectivity index (χ1n) is 9.77. The fourth-order valence-corrected chi connectivity index (χ4v) is 3.70. The zero-order valence-corrected chi connectivity index (χ0v) is 16.2. The molecule has 1 heterocycles. The fourth-order valence-electron chi connectivity index (χ4n) is 3.70. The van der Waals surface area contributed by atoms with Gasteiger partial charge in [0.2, 0.25) is 0 Å². The van der Waals surface area contributed by atoms with Gasteiger partial charge in [-0.1, -0.05) is 48.5 Å². The van der Waals surface area contributed by atoms with E-state index in [9.17, 15) is 4.79 Å². The van der Waals surface area contributed by atoms with Crippen LogP contribution >= 0.6 is 0 Å². The first kappa shape index (κ1) is 17.9. The predicted molar refractivity (Wildman–Crippen MR) is 122 cm³/mol. The lowest BCUT2D eigenvalue weighted by molar-refractivity contribution is 0.0955. The van der Waals surface area contributed by atoms with Gasteiger partial charge in [0.1, 0.15) is 0 Å². The summed E-state index contributed by atoms with van der Waals surface area (Å²) >= 11 is 0. The van der Waals surface area contributed by atoms with E-state index in [4.69, 9.17) is 0 Å². The Kier molecular flexibility index (Phi) is 4.58. The molecule has 4 heteroatoms. The monoisotopic (exact) mass is 389 g/mol. The van der Waals surface area contributed by atoms with Crippen LogP contribution in [0, 0.1) is 0 Å². The minimum absolute atomic E-state index is 0.241. The zero-order chi connectivity index (χ0) is 20.3. The van der Waals surface area contributed by atoms with Crippen LogP contribution < -0.4 is 5.43 Å². The van der Waals surface area contributed by atoms with Crippen LogP contribution in [-0.4, -0.2) is 16.7 Å². The van der Waals surface area contributed by atoms with Crippen LogP contribution in [0.5, 0.6) is 0 Å². The van der Waals surface area contributed by atoms with Gasteiger partial charge in [-0.05, 0) is 64.0 Å². The number of hydrazone groups is 1. The lowest BCUT2D eigenvalue weighted by atomic mass is 9.97. The summed E-state index contributed by atoms with van der Waals surface area (Å²) in [5, 5.41) is 8.75. The summed E-state index contributed by atoms with van der Waals surface area (Å²) in [6.45, 7) is 0. The number of carbonyl (C=O) groups excluding carboxylic acids is 1. The van der Waals surface area contributed by atoms with E-state index in [0.29, 0.717) is 5.56 Å². The molecule has 1 N–H and O–H groups in total. The SMILES string of the molecule is O=C(NN=Cc1c2ccccc2cc2ccccc12)c1ccc(-n2cccc2)cc1. The van der Waals surface area contributed by atoms with E-state index in [1.54, 1.807) is 18.3 Å². The van der Waals surface area contributed by atoms with Crippen LogP contribution in [0.15, 0.2) is 108 Å². The number of hydrogen-bond donors (Lipinski definition) is 1. The highest BCUT2D eigenvalue weighted by Crippen LogP contribution is 2.27. The predicted octanol–water partition coefficient (Wildman–Crippen LogP) is 5.55. The Morgan fingerprint density at radius 2 is 1.37 bits per heavy atom. The van der Waals surface area contributed by atoms with E-state index in [-0.39, 0.29) is 5.91 Å². The van der Waals surface area contributed by atoms with Gasteiger partial charge in [-0.15, -0.1) is 0 Å². The Balaban J connectivity index is 1.41. The van der Waals surface area contributed by atoms with Crippen LogP contribution in [0.3, 0.4) is 0 Å². The van der Waals surface area contributed by atoms with Crippen molar-refractivity contribution < 1.29 is 4.79 Å². The molecule has 1 aromatic heterocycles. The molecule has 0 aliphatic rings. The number of hydrogen-bond acceptors (Lipinski definition) is 2. The zero-order valence-electron chi connectivity index (χ0n) is 16.2. The van der Waals surface area contributed by atoms with Gasteiger partial charge in [0.15, 0.2) is 0 Å². The molecule has 0 unspecified atom stereocenters. The van der Waals surface area contributed by atoms with Crippen LogP contribution in [0.4, 0.5) is 0 Å². The molecule has 0 aliphatic carbocycles. The van der Waals surface area contributed by atoms with E-state index >= 15 is 0 Å². The van der Waals surface area contributed by atoms with Crippen LogP contribution in [0.25, 0.3) is 27.2 Å². The van der Waals surface area contributed by atoms with E-state index in [1.807, 2.05) is 65.5 Å². The van der Waals surface area contributed by atoms with Crippen molar-refractivity contribution in [3.8, 4) is 5.69 Å². The second kappa shape index (κ2) is 7.68. The molecule has 4 nitrogen and oxygen atoms in total. The number of benzene rings is 4. The summed E-state index contributed by atoms with van der Waals surface area (Å²) in [5.74, 6) is -0.241. The highest BCUT2D eigenvalue weighted by Gasteiger charge is 2.07. The van der Waals surface area contributed by atoms with Crippen LogP contribution in [0.2, 0.25) is 0 Å². The molecule has 0 atom stereocenters. The number of nitrogens with one attached hydrogen (secondary N) is 1. The molecule has 0 fully saturated rings. The van der Waals surface area contributed by atoms with E-state index in [0.717, 1.165) is 32.8 Å². The quantitative estimate of drug-likeness (QED) is 0.245. The molecule has 0 radical (unpaired) electrons. The number of carbonyl (C=O) groups is 1. The highest BCUT2D eigenvalue weighted by molar-refractivity contribution is 6.13. The molecule has 4 aromatic carbocycles. The third-order valence-electron chi connectivity index (χ3n) is 5.20. The molecule has 0 spiro atoms. The van der Waals surface area contributed by atoms with Gasteiger partial charge < -0.3 is 4.57 Å². The maximum atomic E-state index is 12.5. The molecule has 144 valence electrons. The average Bonchev–Trinajstić information content (AvgIpc) is 3.33. The van der Waals surface area contributed by atoms with Crippen molar-refractivity contribution in [3.63, 3.8) is 0 Å². The van der Waals surface area contributed by atoms with Crippen molar-refractivity contribution in [2.24, 2.45) is 5.10 Å². The van der Waals surface area contributed by atoms with Crippen molar-refractivity contribution in [2.45, 2.75) is 0 Å². The van der Waals surface area contributed by atoms with Gasteiger partial charge in [0.05, 0.1) is 6.21 Å². The van der Waals surface area contributed by atoms with Crippen molar-refractivity contribution in [1.82, 2.24) is 9.99 Å². The summed E-state index contributed by atoms with van der Waals surface area (Å²) in [4.78, 5) is 12.5. The third kappa shape index (κ3) is 3.35. The largest absolute Gasteiger partial charge is 0.324 e. The Morgan fingerprint density at radius 1 is 0.767 bits per heavy atom. The molecular weight excluding hydrogens is 370 g/mol. The summed E-state index contributed by atoms with van der Waals surface area (Å²) < 4.78 is 1.99. The van der Waals surface area contributed by atoms with Gasteiger partial charge in [0, 0.05) is 29.2 Å². The number of rotatable bonds is 4. The van der Waals surface area contributed by atoms with Crippen molar-refractivity contribution in [3.05, 3.63) is 115 Å². The molecule has 5 rings (SSSR count). The number of amides is 1. The second-order valence-corrected chi connectivity index (χ2v) is 7.07. The number of aromatic nitrogens is 1. The molecule has 0 aliphatic heterocycles. The molecule has 1 amide bonds. The Morgan fingerprint density at radius 3 is 2.00 bits per heavy atom. The van der Waals surface area contributed by atoms with Gasteiger partial charge in [-0.2, -0.15) is 5.10 Å². The average molecular weight is 389 g/mol. The Bertz CT molecular complexity index is 1310. The minimum atomic E-state index is -0.241. The third-order valence-corrected chi connectivity index (χ3v) is 5.20. The Labute approximate surface area is 174 Å². The maximum Gasteiger partial charge on any atom is 0.271 e. The molecule has 0 saturated carbocycles. The van der Waals surface area contributed by atoms with Gasteiger partial charge in [-0.3, -0.25) is 4.79 Å². The molecular formula is C26H19N3O. The summed E-state index contributed by atoms with van der Waals surface area (Å²) in [6.07, 6.45) is 5.67. The van der Waals surface area contributed by atoms with Crippen LogP contribution in [-0.2, 0) is 0 Å². The van der Waals surface area contributed by atoms with E-state index < -0.39 is 0 Å². The first-order valence-corrected chi connectivity index (χ1v) is 9.77. The van der Waals surface area contributed by atoms with Crippen molar-refractivity contribution in [1.29, 1.82) is 0 Å².